The molecule has 0 radical (unpaired) electrons. The maximum absolute atomic E-state index is 6.20. The fourth-order valence-electron chi connectivity index (χ4n) is 2.15. The molecule has 2 N–H and O–H groups in total. The van der Waals surface area contributed by atoms with Crippen LogP contribution >= 0.6 is 23.2 Å². The molecule has 0 saturated carbocycles. The minimum Gasteiger partial charge on any atom is -0.366 e. The van der Waals surface area contributed by atoms with Crippen LogP contribution in [0.15, 0.2) is 48.8 Å². The normalized spacial score (nSPS) is 10.5. The zero-order valence-electron chi connectivity index (χ0n) is 12.9. The molecular formula is C17H15Cl2N5. The molecule has 24 heavy (non-hydrogen) atoms. The van der Waals surface area contributed by atoms with Crippen LogP contribution in [0.4, 0.5) is 17.3 Å². The van der Waals surface area contributed by atoms with E-state index in [1.54, 1.807) is 18.5 Å². The first-order chi connectivity index (χ1) is 11.6. The van der Waals surface area contributed by atoms with E-state index >= 15 is 0 Å². The Kier molecular flexibility index (Phi) is 5.13. The Morgan fingerprint density at radius 1 is 1.00 bits per heavy atom. The largest absolute Gasteiger partial charge is 0.366 e. The number of rotatable bonds is 5. The van der Waals surface area contributed by atoms with Gasteiger partial charge in [0.1, 0.15) is 17.5 Å². The van der Waals surface area contributed by atoms with Crippen molar-refractivity contribution >= 4 is 40.5 Å². The van der Waals surface area contributed by atoms with Crippen molar-refractivity contribution in [1.82, 2.24) is 15.0 Å². The second kappa shape index (κ2) is 7.47. The van der Waals surface area contributed by atoms with Gasteiger partial charge in [-0.05, 0) is 36.8 Å². The van der Waals surface area contributed by atoms with Crippen LogP contribution < -0.4 is 10.6 Å². The Balaban J connectivity index is 1.77. The highest BCUT2D eigenvalue weighted by Gasteiger charge is 2.07. The van der Waals surface area contributed by atoms with Gasteiger partial charge in [-0.15, -0.1) is 0 Å². The van der Waals surface area contributed by atoms with E-state index in [-0.39, 0.29) is 0 Å². The highest BCUT2D eigenvalue weighted by Crippen LogP contribution is 2.31. The van der Waals surface area contributed by atoms with E-state index in [1.807, 2.05) is 37.3 Å². The van der Waals surface area contributed by atoms with Gasteiger partial charge in [0.15, 0.2) is 0 Å². The summed E-state index contributed by atoms with van der Waals surface area (Å²) in [6.45, 7) is 2.48. The number of nitrogens with one attached hydrogen (secondary N) is 2. The molecule has 3 rings (SSSR count). The van der Waals surface area contributed by atoms with Crippen molar-refractivity contribution in [3.05, 3.63) is 70.2 Å². The van der Waals surface area contributed by atoms with E-state index in [0.717, 1.165) is 11.4 Å². The second-order valence-corrected chi connectivity index (χ2v) is 5.91. The van der Waals surface area contributed by atoms with Gasteiger partial charge in [0.2, 0.25) is 0 Å². The maximum Gasteiger partial charge on any atom is 0.136 e. The van der Waals surface area contributed by atoms with Crippen LogP contribution in [0.5, 0.6) is 0 Å². The van der Waals surface area contributed by atoms with Crippen molar-refractivity contribution in [3.63, 3.8) is 0 Å². The van der Waals surface area contributed by atoms with E-state index in [0.29, 0.717) is 33.9 Å². The van der Waals surface area contributed by atoms with E-state index in [4.69, 9.17) is 23.2 Å². The fraction of sp³-hybridized carbons (Fsp3) is 0.118. The topological polar surface area (TPSA) is 62.7 Å². The summed E-state index contributed by atoms with van der Waals surface area (Å²) in [6.07, 6.45) is 3.52. The van der Waals surface area contributed by atoms with Gasteiger partial charge in [-0.2, -0.15) is 0 Å². The lowest BCUT2D eigenvalue weighted by molar-refractivity contribution is 1.02. The van der Waals surface area contributed by atoms with E-state index in [9.17, 15) is 0 Å². The van der Waals surface area contributed by atoms with Crippen molar-refractivity contribution in [2.45, 2.75) is 13.5 Å². The van der Waals surface area contributed by atoms with Crippen molar-refractivity contribution in [2.24, 2.45) is 0 Å². The average molecular weight is 360 g/mol. The molecular weight excluding hydrogens is 345 g/mol. The smallest absolute Gasteiger partial charge is 0.136 e. The molecule has 0 atom stereocenters. The monoisotopic (exact) mass is 359 g/mol. The molecule has 5 nitrogen and oxygen atoms in total. The van der Waals surface area contributed by atoms with Crippen molar-refractivity contribution < 1.29 is 0 Å². The standard InChI is InChI=1S/C17H15Cl2N5/c1-11-22-15(21-10-12-5-7-20-8-6-12)9-16(23-11)24-14-4-2-3-13(18)17(14)19/h2-9H,10H2,1H3,(H2,21,22,23,24). The predicted octanol–water partition coefficient (Wildman–Crippen LogP) is 4.84. The van der Waals surface area contributed by atoms with Gasteiger partial charge in [0.05, 0.1) is 15.7 Å². The lowest BCUT2D eigenvalue weighted by atomic mass is 10.3. The van der Waals surface area contributed by atoms with Crippen LogP contribution in [0.2, 0.25) is 10.0 Å². The molecule has 0 bridgehead atoms. The quantitative estimate of drug-likeness (QED) is 0.682. The van der Waals surface area contributed by atoms with Crippen LogP contribution in [-0.4, -0.2) is 15.0 Å². The first kappa shape index (κ1) is 16.5. The molecule has 0 aliphatic rings. The minimum absolute atomic E-state index is 0.460. The van der Waals surface area contributed by atoms with Crippen LogP contribution in [0.1, 0.15) is 11.4 Å². The van der Waals surface area contributed by atoms with Gasteiger partial charge < -0.3 is 10.6 Å². The summed E-state index contributed by atoms with van der Waals surface area (Å²) in [4.78, 5) is 12.8. The number of benzene rings is 1. The summed E-state index contributed by atoms with van der Waals surface area (Å²) in [5.41, 5.74) is 1.82. The van der Waals surface area contributed by atoms with E-state index in [1.165, 1.54) is 0 Å². The van der Waals surface area contributed by atoms with Crippen LogP contribution in [-0.2, 0) is 6.54 Å². The Labute approximate surface area is 150 Å². The van der Waals surface area contributed by atoms with Gasteiger partial charge in [0.25, 0.3) is 0 Å². The van der Waals surface area contributed by atoms with Gasteiger partial charge in [-0.3, -0.25) is 4.98 Å². The molecule has 0 amide bonds. The van der Waals surface area contributed by atoms with Gasteiger partial charge in [-0.25, -0.2) is 9.97 Å². The molecule has 2 aromatic heterocycles. The summed E-state index contributed by atoms with van der Waals surface area (Å²) in [7, 11) is 0. The summed E-state index contributed by atoms with van der Waals surface area (Å²) < 4.78 is 0. The van der Waals surface area contributed by atoms with Gasteiger partial charge in [-0.1, -0.05) is 29.3 Å². The third kappa shape index (κ3) is 4.13. The number of halogens is 2. The average Bonchev–Trinajstić information content (AvgIpc) is 2.58. The Morgan fingerprint density at radius 3 is 2.54 bits per heavy atom. The number of pyridine rings is 1. The van der Waals surface area contributed by atoms with Crippen LogP contribution in [0.3, 0.4) is 0 Å². The number of nitrogens with zero attached hydrogens (tertiary/aromatic N) is 3. The highest BCUT2D eigenvalue weighted by molar-refractivity contribution is 6.43. The summed E-state index contributed by atoms with van der Waals surface area (Å²) in [6, 6.07) is 11.1. The predicted molar refractivity (Wildman–Crippen MR) is 98.1 cm³/mol. The van der Waals surface area contributed by atoms with E-state index < -0.39 is 0 Å². The number of aryl methyl sites for hydroxylation is 1. The van der Waals surface area contributed by atoms with Gasteiger partial charge in [0, 0.05) is 25.0 Å². The molecule has 0 aliphatic carbocycles. The number of aromatic nitrogens is 3. The van der Waals surface area contributed by atoms with E-state index in [2.05, 4.69) is 25.6 Å². The fourth-order valence-corrected chi connectivity index (χ4v) is 2.50. The number of hydrogen-bond acceptors (Lipinski definition) is 5. The Morgan fingerprint density at radius 2 is 1.75 bits per heavy atom. The van der Waals surface area contributed by atoms with Crippen LogP contribution in [0, 0.1) is 6.92 Å². The maximum atomic E-state index is 6.20. The summed E-state index contributed by atoms with van der Waals surface area (Å²) in [5, 5.41) is 7.40. The first-order valence-electron chi connectivity index (χ1n) is 7.31. The molecule has 0 saturated heterocycles. The number of hydrogen-bond donors (Lipinski definition) is 2. The Bertz CT molecular complexity index is 840. The molecule has 1 aromatic carbocycles. The molecule has 122 valence electrons. The molecule has 7 heteroatoms. The highest BCUT2D eigenvalue weighted by atomic mass is 35.5. The SMILES string of the molecule is Cc1nc(NCc2ccncc2)cc(Nc2cccc(Cl)c2Cl)n1. The molecule has 3 aromatic rings. The summed E-state index contributed by atoms with van der Waals surface area (Å²) in [5.74, 6) is 2.01. The van der Waals surface area contributed by atoms with Crippen molar-refractivity contribution in [2.75, 3.05) is 10.6 Å². The lowest BCUT2D eigenvalue weighted by Gasteiger charge is -2.11. The summed E-state index contributed by atoms with van der Waals surface area (Å²) >= 11 is 12.2. The zero-order valence-corrected chi connectivity index (χ0v) is 14.4. The number of anilines is 3. The molecule has 0 unspecified atom stereocenters. The Hall–Kier alpha value is -2.37. The third-order valence-corrected chi connectivity index (χ3v) is 4.09. The minimum atomic E-state index is 0.460. The first-order valence-corrected chi connectivity index (χ1v) is 8.07. The molecule has 0 spiro atoms. The third-order valence-electron chi connectivity index (χ3n) is 3.28. The lowest BCUT2D eigenvalue weighted by Crippen LogP contribution is -2.05. The molecule has 2 heterocycles. The zero-order chi connectivity index (χ0) is 16.9. The van der Waals surface area contributed by atoms with Crippen molar-refractivity contribution in [3.8, 4) is 0 Å². The van der Waals surface area contributed by atoms with Crippen LogP contribution in [0.25, 0.3) is 0 Å². The van der Waals surface area contributed by atoms with Crippen molar-refractivity contribution in [1.29, 1.82) is 0 Å². The molecule has 0 aliphatic heterocycles. The molecule has 0 fully saturated rings. The van der Waals surface area contributed by atoms with Gasteiger partial charge >= 0.3 is 0 Å². The second-order valence-electron chi connectivity index (χ2n) is 5.12.